The molecule has 6 heteroatoms. The Morgan fingerprint density at radius 2 is 2.23 bits per heavy atom. The first-order chi connectivity index (χ1) is 10.5. The molecule has 0 amide bonds. The predicted molar refractivity (Wildman–Crippen MR) is 93.6 cm³/mol. The highest BCUT2D eigenvalue weighted by molar-refractivity contribution is 7.10. The summed E-state index contributed by atoms with van der Waals surface area (Å²) in [6.07, 6.45) is 1.19. The summed E-state index contributed by atoms with van der Waals surface area (Å²) in [6.45, 7) is 10.5. The van der Waals surface area contributed by atoms with Crippen LogP contribution < -0.4 is 10.6 Å². The number of aliphatic imine (C=N–C) groups is 1. The molecule has 1 rings (SSSR count). The minimum atomic E-state index is -0.933. The third-order valence-electron chi connectivity index (χ3n) is 3.01. The van der Waals surface area contributed by atoms with Gasteiger partial charge in [0.1, 0.15) is 5.60 Å². The number of ether oxygens (including phenoxy) is 1. The average Bonchev–Trinajstić information content (AvgIpc) is 2.99. The molecule has 1 aromatic rings. The van der Waals surface area contributed by atoms with Crippen molar-refractivity contribution in [2.45, 2.75) is 45.8 Å². The van der Waals surface area contributed by atoms with E-state index in [1.807, 2.05) is 38.3 Å². The molecular weight excluding hydrogens is 298 g/mol. The SMILES string of the molecule is CCNC(=NCC(C)(O)c1cccs1)NCCCOC(C)C. The summed E-state index contributed by atoms with van der Waals surface area (Å²) < 4.78 is 5.51. The summed E-state index contributed by atoms with van der Waals surface area (Å²) >= 11 is 1.55. The van der Waals surface area contributed by atoms with Crippen LogP contribution in [0.2, 0.25) is 0 Å². The molecule has 0 saturated carbocycles. The van der Waals surface area contributed by atoms with E-state index in [0.29, 0.717) is 6.54 Å². The van der Waals surface area contributed by atoms with Crippen molar-refractivity contribution in [3.8, 4) is 0 Å². The number of thiophene rings is 1. The van der Waals surface area contributed by atoms with Gasteiger partial charge in [-0.05, 0) is 45.6 Å². The monoisotopic (exact) mass is 327 g/mol. The quantitative estimate of drug-likeness (QED) is 0.370. The summed E-state index contributed by atoms with van der Waals surface area (Å²) in [5, 5.41) is 18.9. The summed E-state index contributed by atoms with van der Waals surface area (Å²) in [4.78, 5) is 5.41. The molecule has 0 spiro atoms. The van der Waals surface area contributed by atoms with Gasteiger partial charge >= 0.3 is 0 Å². The van der Waals surface area contributed by atoms with Crippen LogP contribution in [-0.2, 0) is 10.3 Å². The molecule has 3 N–H and O–H groups in total. The lowest BCUT2D eigenvalue weighted by molar-refractivity contribution is 0.0709. The van der Waals surface area contributed by atoms with Gasteiger partial charge in [-0.25, -0.2) is 4.99 Å². The van der Waals surface area contributed by atoms with E-state index in [0.717, 1.165) is 37.0 Å². The van der Waals surface area contributed by atoms with Gasteiger partial charge < -0.3 is 20.5 Å². The minimum absolute atomic E-state index is 0.266. The largest absolute Gasteiger partial charge is 0.383 e. The predicted octanol–water partition coefficient (Wildman–Crippen LogP) is 2.33. The molecule has 1 atom stereocenters. The van der Waals surface area contributed by atoms with Crippen molar-refractivity contribution in [3.05, 3.63) is 22.4 Å². The molecule has 1 unspecified atom stereocenters. The van der Waals surface area contributed by atoms with Gasteiger partial charge in [0.2, 0.25) is 0 Å². The molecule has 0 saturated heterocycles. The van der Waals surface area contributed by atoms with E-state index < -0.39 is 5.60 Å². The Kier molecular flexibility index (Phi) is 8.45. The molecular formula is C16H29N3O2S. The molecule has 0 radical (unpaired) electrons. The van der Waals surface area contributed by atoms with Crippen molar-refractivity contribution in [2.24, 2.45) is 4.99 Å². The van der Waals surface area contributed by atoms with Gasteiger partial charge in [-0.3, -0.25) is 0 Å². The van der Waals surface area contributed by atoms with Crippen molar-refractivity contribution in [2.75, 3.05) is 26.2 Å². The van der Waals surface area contributed by atoms with Crippen molar-refractivity contribution in [1.82, 2.24) is 10.6 Å². The Bertz CT molecular complexity index is 431. The molecule has 126 valence electrons. The number of hydrogen-bond acceptors (Lipinski definition) is 4. The lowest BCUT2D eigenvalue weighted by Gasteiger charge is -2.20. The van der Waals surface area contributed by atoms with E-state index >= 15 is 0 Å². The lowest BCUT2D eigenvalue weighted by atomic mass is 10.1. The van der Waals surface area contributed by atoms with Crippen LogP contribution >= 0.6 is 11.3 Å². The highest BCUT2D eigenvalue weighted by Gasteiger charge is 2.23. The number of aliphatic hydroxyl groups is 1. The second kappa shape index (κ2) is 9.82. The third kappa shape index (κ3) is 7.24. The van der Waals surface area contributed by atoms with Crippen LogP contribution in [0.4, 0.5) is 0 Å². The number of nitrogens with one attached hydrogen (secondary N) is 2. The van der Waals surface area contributed by atoms with Gasteiger partial charge in [-0.1, -0.05) is 6.07 Å². The summed E-state index contributed by atoms with van der Waals surface area (Å²) in [6, 6.07) is 3.88. The Morgan fingerprint density at radius 3 is 2.82 bits per heavy atom. The van der Waals surface area contributed by atoms with Crippen molar-refractivity contribution >= 4 is 17.3 Å². The lowest BCUT2D eigenvalue weighted by Crippen LogP contribution is -2.39. The normalized spacial score (nSPS) is 14.9. The zero-order valence-corrected chi connectivity index (χ0v) is 14.9. The fraction of sp³-hybridized carbons (Fsp3) is 0.688. The van der Waals surface area contributed by atoms with Crippen LogP contribution in [0.5, 0.6) is 0 Å². The van der Waals surface area contributed by atoms with Gasteiger partial charge in [-0.2, -0.15) is 0 Å². The smallest absolute Gasteiger partial charge is 0.191 e. The molecule has 22 heavy (non-hydrogen) atoms. The van der Waals surface area contributed by atoms with E-state index in [1.54, 1.807) is 18.3 Å². The number of guanidine groups is 1. The van der Waals surface area contributed by atoms with Crippen LogP contribution in [-0.4, -0.2) is 43.4 Å². The van der Waals surface area contributed by atoms with E-state index in [2.05, 4.69) is 15.6 Å². The third-order valence-corrected chi connectivity index (χ3v) is 4.13. The van der Waals surface area contributed by atoms with Gasteiger partial charge in [0.25, 0.3) is 0 Å². The van der Waals surface area contributed by atoms with Crippen molar-refractivity contribution in [3.63, 3.8) is 0 Å². The zero-order chi connectivity index (χ0) is 16.4. The van der Waals surface area contributed by atoms with E-state index in [1.165, 1.54) is 0 Å². The average molecular weight is 327 g/mol. The fourth-order valence-electron chi connectivity index (χ4n) is 1.84. The Labute approximate surface area is 137 Å². The molecule has 0 fully saturated rings. The Balaban J connectivity index is 2.44. The van der Waals surface area contributed by atoms with Crippen LogP contribution in [0.15, 0.2) is 22.5 Å². The summed E-state index contributed by atoms with van der Waals surface area (Å²) in [5.41, 5.74) is -0.933. The highest BCUT2D eigenvalue weighted by Crippen LogP contribution is 2.25. The number of hydrogen-bond donors (Lipinski definition) is 3. The first-order valence-corrected chi connectivity index (χ1v) is 8.74. The van der Waals surface area contributed by atoms with Gasteiger partial charge in [0, 0.05) is 24.6 Å². The second-order valence-corrected chi connectivity index (χ2v) is 6.59. The molecule has 1 aromatic heterocycles. The van der Waals surface area contributed by atoms with Gasteiger partial charge in [0.15, 0.2) is 5.96 Å². The molecule has 0 bridgehead atoms. The van der Waals surface area contributed by atoms with Crippen LogP contribution in [0, 0.1) is 0 Å². The van der Waals surface area contributed by atoms with E-state index in [4.69, 9.17) is 4.74 Å². The van der Waals surface area contributed by atoms with Gasteiger partial charge in [-0.15, -0.1) is 11.3 Å². The van der Waals surface area contributed by atoms with Crippen LogP contribution in [0.1, 0.15) is 39.0 Å². The van der Waals surface area contributed by atoms with E-state index in [-0.39, 0.29) is 6.10 Å². The zero-order valence-electron chi connectivity index (χ0n) is 14.1. The van der Waals surface area contributed by atoms with Gasteiger partial charge in [0.05, 0.1) is 12.6 Å². The Hall–Kier alpha value is -1.11. The highest BCUT2D eigenvalue weighted by atomic mass is 32.1. The topological polar surface area (TPSA) is 65.9 Å². The molecule has 0 aliphatic rings. The second-order valence-electron chi connectivity index (χ2n) is 5.65. The van der Waals surface area contributed by atoms with Crippen LogP contribution in [0.25, 0.3) is 0 Å². The number of nitrogens with zero attached hydrogens (tertiary/aromatic N) is 1. The van der Waals surface area contributed by atoms with Crippen molar-refractivity contribution in [1.29, 1.82) is 0 Å². The standard InChI is InChI=1S/C16H29N3O2S/c1-5-17-15(18-9-7-10-21-13(2)3)19-12-16(4,20)14-8-6-11-22-14/h6,8,11,13,20H,5,7,9-10,12H2,1-4H3,(H2,17,18,19). The van der Waals surface area contributed by atoms with Crippen LogP contribution in [0.3, 0.4) is 0 Å². The Morgan fingerprint density at radius 1 is 1.45 bits per heavy atom. The minimum Gasteiger partial charge on any atom is -0.383 e. The van der Waals surface area contributed by atoms with Crippen molar-refractivity contribution < 1.29 is 9.84 Å². The number of rotatable bonds is 9. The molecule has 1 heterocycles. The maximum atomic E-state index is 10.5. The summed E-state index contributed by atoms with van der Waals surface area (Å²) in [5.74, 6) is 0.726. The first kappa shape index (κ1) is 18.9. The summed E-state index contributed by atoms with van der Waals surface area (Å²) in [7, 11) is 0. The fourth-order valence-corrected chi connectivity index (χ4v) is 2.61. The molecule has 0 aliphatic carbocycles. The molecule has 0 aliphatic heterocycles. The molecule has 5 nitrogen and oxygen atoms in total. The maximum Gasteiger partial charge on any atom is 0.191 e. The maximum absolute atomic E-state index is 10.5. The van der Waals surface area contributed by atoms with E-state index in [9.17, 15) is 5.11 Å². The molecule has 0 aromatic carbocycles. The first-order valence-electron chi connectivity index (χ1n) is 7.86.